The van der Waals surface area contributed by atoms with Crippen molar-refractivity contribution in [3.63, 3.8) is 0 Å². The molecule has 2 amide bonds. The van der Waals surface area contributed by atoms with E-state index in [4.69, 9.17) is 5.26 Å². The largest absolute Gasteiger partial charge is 0.368 e. The summed E-state index contributed by atoms with van der Waals surface area (Å²) in [6.07, 6.45) is 5.00. The zero-order valence-corrected chi connectivity index (χ0v) is 14.9. The van der Waals surface area contributed by atoms with E-state index >= 15 is 0 Å². The number of aliphatic hydroxyl groups is 1. The number of pyridine rings is 2. The average molecular weight is 378 g/mol. The molecule has 3 N–H and O–H groups in total. The van der Waals surface area contributed by atoms with Crippen LogP contribution in [0.2, 0.25) is 0 Å². The van der Waals surface area contributed by atoms with Crippen LogP contribution in [0, 0.1) is 17.2 Å². The maximum atomic E-state index is 12.3. The van der Waals surface area contributed by atoms with Crippen LogP contribution < -0.4 is 15.5 Å². The summed E-state index contributed by atoms with van der Waals surface area (Å²) in [4.78, 5) is 34.0. The number of anilines is 4. The number of rotatable bonds is 5. The first-order valence-corrected chi connectivity index (χ1v) is 8.94. The van der Waals surface area contributed by atoms with Crippen molar-refractivity contribution in [2.75, 3.05) is 22.1 Å². The number of hydrogen-bond acceptors (Lipinski definition) is 7. The normalized spacial score (nSPS) is 21.3. The van der Waals surface area contributed by atoms with E-state index in [1.807, 2.05) is 0 Å². The third-order valence-electron chi connectivity index (χ3n) is 4.77. The Labute approximate surface area is 161 Å². The Balaban J connectivity index is 1.49. The van der Waals surface area contributed by atoms with Gasteiger partial charge in [-0.25, -0.2) is 9.97 Å². The van der Waals surface area contributed by atoms with Crippen LogP contribution in [-0.2, 0) is 9.59 Å². The molecule has 0 aromatic carbocycles. The van der Waals surface area contributed by atoms with Crippen molar-refractivity contribution in [2.45, 2.75) is 24.9 Å². The van der Waals surface area contributed by atoms with Gasteiger partial charge in [0, 0.05) is 54.8 Å². The van der Waals surface area contributed by atoms with Gasteiger partial charge in [-0.15, -0.1) is 0 Å². The minimum absolute atomic E-state index is 0.00907. The number of nitrogens with zero attached hydrogens (tertiary/aromatic N) is 4. The molecule has 0 radical (unpaired) electrons. The smallest absolute Gasteiger partial charge is 0.273 e. The number of aromatic nitrogens is 2. The van der Waals surface area contributed by atoms with Gasteiger partial charge in [-0.2, -0.15) is 5.26 Å². The first kappa shape index (κ1) is 17.9. The summed E-state index contributed by atoms with van der Waals surface area (Å²) < 4.78 is 0. The lowest BCUT2D eigenvalue weighted by molar-refractivity contribution is -0.128. The Kier molecular flexibility index (Phi) is 4.41. The lowest BCUT2D eigenvalue weighted by atomic mass is 10.1. The highest BCUT2D eigenvalue weighted by Crippen LogP contribution is 2.31. The van der Waals surface area contributed by atoms with Crippen LogP contribution in [0.25, 0.3) is 0 Å². The third-order valence-corrected chi connectivity index (χ3v) is 4.77. The lowest BCUT2D eigenvalue weighted by Gasteiger charge is -2.18. The molecule has 4 rings (SSSR count). The molecule has 3 heterocycles. The van der Waals surface area contributed by atoms with Gasteiger partial charge in [0.2, 0.25) is 11.5 Å². The molecule has 28 heavy (non-hydrogen) atoms. The number of carbonyl (C=O) groups is 2. The molecule has 1 aliphatic carbocycles. The molecule has 0 spiro atoms. The van der Waals surface area contributed by atoms with E-state index in [1.165, 1.54) is 11.1 Å². The van der Waals surface area contributed by atoms with Gasteiger partial charge in [-0.05, 0) is 25.0 Å². The van der Waals surface area contributed by atoms with Gasteiger partial charge < -0.3 is 20.6 Å². The third kappa shape index (κ3) is 3.50. The Morgan fingerprint density at radius 2 is 1.96 bits per heavy atom. The predicted octanol–water partition coefficient (Wildman–Crippen LogP) is 1.56. The Bertz CT molecular complexity index is 984. The Hall–Kier alpha value is -3.51. The number of hydrogen-bond donors (Lipinski definition) is 3. The number of nitriles is 1. The van der Waals surface area contributed by atoms with E-state index in [0.717, 1.165) is 12.8 Å². The number of amides is 2. The van der Waals surface area contributed by atoms with Crippen LogP contribution in [0.15, 0.2) is 36.7 Å². The molecule has 2 aromatic heterocycles. The molecule has 9 nitrogen and oxygen atoms in total. The Morgan fingerprint density at radius 3 is 2.64 bits per heavy atom. The molecule has 0 bridgehead atoms. The van der Waals surface area contributed by atoms with Crippen LogP contribution in [0.3, 0.4) is 0 Å². The topological polar surface area (TPSA) is 131 Å². The van der Waals surface area contributed by atoms with Crippen LogP contribution in [-0.4, -0.2) is 39.0 Å². The summed E-state index contributed by atoms with van der Waals surface area (Å²) >= 11 is 0. The fourth-order valence-electron chi connectivity index (χ4n) is 3.01. The van der Waals surface area contributed by atoms with Gasteiger partial charge >= 0.3 is 0 Å². The van der Waals surface area contributed by atoms with Gasteiger partial charge in [-0.1, -0.05) is 0 Å². The molecular formula is C19H18N6O3. The van der Waals surface area contributed by atoms with E-state index in [0.29, 0.717) is 23.0 Å². The minimum Gasteiger partial charge on any atom is -0.368 e. The van der Waals surface area contributed by atoms with Crippen LogP contribution in [0.1, 0.15) is 19.3 Å². The first-order chi connectivity index (χ1) is 13.5. The van der Waals surface area contributed by atoms with Gasteiger partial charge in [0.15, 0.2) is 0 Å². The van der Waals surface area contributed by atoms with Crippen molar-refractivity contribution in [3.8, 4) is 6.07 Å². The SMILES string of the molecule is N#C[C@@]1(O)CCN(c2ccnc(Nc3cc(NC(=O)C4CC4)ccn3)c2)C1=O. The van der Waals surface area contributed by atoms with Crippen LogP contribution in [0.4, 0.5) is 23.0 Å². The van der Waals surface area contributed by atoms with Crippen molar-refractivity contribution in [1.82, 2.24) is 9.97 Å². The van der Waals surface area contributed by atoms with Gasteiger partial charge in [0.1, 0.15) is 17.7 Å². The van der Waals surface area contributed by atoms with Gasteiger partial charge in [0.05, 0.1) is 0 Å². The highest BCUT2D eigenvalue weighted by Gasteiger charge is 2.46. The van der Waals surface area contributed by atoms with E-state index in [2.05, 4.69) is 20.6 Å². The molecule has 1 atom stereocenters. The lowest BCUT2D eigenvalue weighted by Crippen LogP contribution is -2.38. The van der Waals surface area contributed by atoms with E-state index < -0.39 is 11.5 Å². The number of carbonyl (C=O) groups excluding carboxylic acids is 2. The summed E-state index contributed by atoms with van der Waals surface area (Å²) in [6, 6.07) is 8.34. The Morgan fingerprint density at radius 1 is 1.25 bits per heavy atom. The highest BCUT2D eigenvalue weighted by atomic mass is 16.3. The fraction of sp³-hybridized carbons (Fsp3) is 0.316. The van der Waals surface area contributed by atoms with Gasteiger partial charge in [-0.3, -0.25) is 9.59 Å². The minimum atomic E-state index is -1.98. The van der Waals surface area contributed by atoms with Crippen LogP contribution in [0.5, 0.6) is 0 Å². The molecule has 2 fully saturated rings. The van der Waals surface area contributed by atoms with Crippen molar-refractivity contribution in [1.29, 1.82) is 5.26 Å². The quantitative estimate of drug-likeness (QED) is 0.673. The predicted molar refractivity (Wildman–Crippen MR) is 101 cm³/mol. The summed E-state index contributed by atoms with van der Waals surface area (Å²) in [7, 11) is 0. The second-order valence-electron chi connectivity index (χ2n) is 6.90. The van der Waals surface area contributed by atoms with E-state index in [9.17, 15) is 14.7 Å². The van der Waals surface area contributed by atoms with Crippen molar-refractivity contribution in [2.24, 2.45) is 5.92 Å². The zero-order chi connectivity index (χ0) is 19.7. The molecular weight excluding hydrogens is 360 g/mol. The van der Waals surface area contributed by atoms with Crippen LogP contribution >= 0.6 is 0 Å². The maximum absolute atomic E-state index is 12.3. The average Bonchev–Trinajstić information content (AvgIpc) is 3.49. The van der Waals surface area contributed by atoms with Gasteiger partial charge in [0.25, 0.3) is 5.91 Å². The molecule has 9 heteroatoms. The van der Waals surface area contributed by atoms with Crippen molar-refractivity contribution >= 4 is 34.8 Å². The molecule has 1 saturated heterocycles. The molecule has 1 saturated carbocycles. The maximum Gasteiger partial charge on any atom is 0.273 e. The van der Waals surface area contributed by atoms with E-state index in [-0.39, 0.29) is 24.8 Å². The van der Waals surface area contributed by atoms with Crippen molar-refractivity contribution in [3.05, 3.63) is 36.7 Å². The molecule has 2 aliphatic rings. The molecule has 1 aliphatic heterocycles. The monoisotopic (exact) mass is 378 g/mol. The van der Waals surface area contributed by atoms with Crippen molar-refractivity contribution < 1.29 is 14.7 Å². The second kappa shape index (κ2) is 6.90. The molecule has 2 aromatic rings. The summed E-state index contributed by atoms with van der Waals surface area (Å²) in [5, 5.41) is 24.9. The fourth-order valence-corrected chi connectivity index (χ4v) is 3.01. The summed E-state index contributed by atoms with van der Waals surface area (Å²) in [5.41, 5.74) is -0.821. The zero-order valence-electron chi connectivity index (χ0n) is 14.9. The molecule has 142 valence electrons. The number of nitrogens with one attached hydrogen (secondary N) is 2. The highest BCUT2D eigenvalue weighted by molar-refractivity contribution is 6.03. The summed E-state index contributed by atoms with van der Waals surface area (Å²) in [6.45, 7) is 0.243. The summed E-state index contributed by atoms with van der Waals surface area (Å²) in [5.74, 6) is 0.397. The second-order valence-corrected chi connectivity index (χ2v) is 6.90. The molecule has 0 unspecified atom stereocenters. The standard InChI is InChI=1S/C19H18N6O3/c20-11-19(28)5-8-25(18(19)27)14-4-7-22-16(10-14)24-15-9-13(3-6-21-15)23-17(26)12-1-2-12/h3-4,6-7,9-10,12,28H,1-2,5,8H2,(H2,21,22,23,24,26)/t19-/m0/s1. The van der Waals surface area contributed by atoms with E-state index in [1.54, 1.807) is 36.5 Å². The first-order valence-electron chi connectivity index (χ1n) is 8.94.